The number of imidazole rings is 1. The molecule has 4 heterocycles. The quantitative estimate of drug-likeness (QED) is 0.221. The van der Waals surface area contributed by atoms with Crippen molar-refractivity contribution in [1.29, 1.82) is 0 Å². The van der Waals surface area contributed by atoms with Gasteiger partial charge in [-0.1, -0.05) is 47.5 Å². The SMILES string of the molecule is Clc1cccc(Cn2c(/C=N/Nc3nc(N4CCOCC4)c4sccc4n3)nc3ccccc32)c1Cl. The van der Waals surface area contributed by atoms with E-state index in [1.165, 1.54) is 0 Å². The van der Waals surface area contributed by atoms with Crippen molar-refractivity contribution in [3.05, 3.63) is 75.3 Å². The molecule has 0 aliphatic carbocycles. The second-order valence-corrected chi connectivity index (χ2v) is 9.93. The molecule has 0 atom stereocenters. The first kappa shape index (κ1) is 23.2. The molecule has 5 aromatic rings. The Hall–Kier alpha value is -3.24. The minimum absolute atomic E-state index is 0.430. The summed E-state index contributed by atoms with van der Waals surface area (Å²) in [4.78, 5) is 16.4. The zero-order valence-corrected chi connectivity index (χ0v) is 21.4. The van der Waals surface area contributed by atoms with E-state index in [4.69, 9.17) is 37.9 Å². The number of fused-ring (bicyclic) bond motifs is 2. The maximum Gasteiger partial charge on any atom is 0.246 e. The van der Waals surface area contributed by atoms with E-state index in [0.29, 0.717) is 41.6 Å². The van der Waals surface area contributed by atoms with Gasteiger partial charge in [-0.05, 0) is 35.2 Å². The van der Waals surface area contributed by atoms with Gasteiger partial charge in [-0.15, -0.1) is 11.3 Å². The molecule has 0 bridgehead atoms. The fourth-order valence-electron chi connectivity index (χ4n) is 4.24. The van der Waals surface area contributed by atoms with Crippen molar-refractivity contribution >= 4 is 73.8 Å². The van der Waals surface area contributed by atoms with Crippen molar-refractivity contribution in [1.82, 2.24) is 19.5 Å². The summed E-state index contributed by atoms with van der Waals surface area (Å²) in [5, 5.41) is 7.53. The molecule has 11 heteroatoms. The molecular weight excluding hydrogens is 517 g/mol. The van der Waals surface area contributed by atoms with Crippen LogP contribution in [0.5, 0.6) is 0 Å². The normalized spacial score (nSPS) is 14.3. The lowest BCUT2D eigenvalue weighted by Crippen LogP contribution is -2.36. The lowest BCUT2D eigenvalue weighted by molar-refractivity contribution is 0.122. The highest BCUT2D eigenvalue weighted by molar-refractivity contribution is 7.17. The summed E-state index contributed by atoms with van der Waals surface area (Å²) in [5.74, 6) is 2.00. The summed E-state index contributed by atoms with van der Waals surface area (Å²) in [7, 11) is 0. The number of nitrogens with zero attached hydrogens (tertiary/aromatic N) is 6. The third-order valence-electron chi connectivity index (χ3n) is 5.98. The topological polar surface area (TPSA) is 80.5 Å². The number of ether oxygens (including phenoxy) is 1. The average molecular weight is 538 g/mol. The van der Waals surface area contributed by atoms with Gasteiger partial charge in [0.25, 0.3) is 0 Å². The van der Waals surface area contributed by atoms with Crippen molar-refractivity contribution < 1.29 is 4.74 Å². The first-order valence-corrected chi connectivity index (χ1v) is 13.1. The van der Waals surface area contributed by atoms with E-state index in [0.717, 1.165) is 45.7 Å². The van der Waals surface area contributed by atoms with Crippen LogP contribution in [0.4, 0.5) is 11.8 Å². The summed E-state index contributed by atoms with van der Waals surface area (Å²) in [6, 6.07) is 15.6. The number of hydrogen-bond donors (Lipinski definition) is 1. The van der Waals surface area contributed by atoms with Crippen molar-refractivity contribution in [3.63, 3.8) is 0 Å². The number of hydrogen-bond acceptors (Lipinski definition) is 8. The van der Waals surface area contributed by atoms with Crippen LogP contribution in [0.1, 0.15) is 11.4 Å². The Morgan fingerprint density at radius 3 is 2.75 bits per heavy atom. The monoisotopic (exact) mass is 537 g/mol. The first-order valence-electron chi connectivity index (χ1n) is 11.4. The maximum atomic E-state index is 6.48. The van der Waals surface area contributed by atoms with Gasteiger partial charge < -0.3 is 14.2 Å². The van der Waals surface area contributed by atoms with Gasteiger partial charge in [0.2, 0.25) is 5.95 Å². The van der Waals surface area contributed by atoms with Gasteiger partial charge in [-0.3, -0.25) is 0 Å². The number of halogens is 2. The molecule has 1 saturated heterocycles. The number of aromatic nitrogens is 4. The van der Waals surface area contributed by atoms with Crippen molar-refractivity contribution in [2.75, 3.05) is 36.6 Å². The van der Waals surface area contributed by atoms with Crippen LogP contribution in [0, 0.1) is 0 Å². The molecule has 1 aliphatic rings. The number of benzene rings is 2. The average Bonchev–Trinajstić information content (AvgIpc) is 3.52. The van der Waals surface area contributed by atoms with Crippen LogP contribution in [0.15, 0.2) is 59.0 Å². The first-order chi connectivity index (χ1) is 17.7. The predicted octanol–water partition coefficient (Wildman–Crippen LogP) is 5.68. The van der Waals surface area contributed by atoms with Gasteiger partial charge in [0, 0.05) is 13.1 Å². The van der Waals surface area contributed by atoms with E-state index in [9.17, 15) is 0 Å². The van der Waals surface area contributed by atoms with Gasteiger partial charge in [0.15, 0.2) is 11.6 Å². The smallest absolute Gasteiger partial charge is 0.246 e. The minimum atomic E-state index is 0.430. The molecule has 1 fully saturated rings. The highest BCUT2D eigenvalue weighted by Gasteiger charge is 2.18. The van der Waals surface area contributed by atoms with Crippen LogP contribution in [-0.2, 0) is 11.3 Å². The van der Waals surface area contributed by atoms with Crippen molar-refractivity contribution in [2.24, 2.45) is 5.10 Å². The Morgan fingerprint density at radius 2 is 1.86 bits per heavy atom. The summed E-state index contributed by atoms with van der Waals surface area (Å²) in [5.41, 5.74) is 6.63. The van der Waals surface area contributed by atoms with E-state index in [-0.39, 0.29) is 0 Å². The number of rotatable bonds is 6. The molecule has 1 aliphatic heterocycles. The van der Waals surface area contributed by atoms with Crippen LogP contribution in [0.25, 0.3) is 21.3 Å². The summed E-state index contributed by atoms with van der Waals surface area (Å²) in [6.07, 6.45) is 1.67. The summed E-state index contributed by atoms with van der Waals surface area (Å²) < 4.78 is 8.62. The van der Waals surface area contributed by atoms with Gasteiger partial charge in [-0.2, -0.15) is 10.1 Å². The lowest BCUT2D eigenvalue weighted by Gasteiger charge is -2.28. The second kappa shape index (κ2) is 10.0. The molecule has 182 valence electrons. The van der Waals surface area contributed by atoms with Gasteiger partial charge in [-0.25, -0.2) is 15.4 Å². The van der Waals surface area contributed by atoms with Crippen molar-refractivity contribution in [2.45, 2.75) is 6.54 Å². The number of nitrogens with one attached hydrogen (secondary N) is 1. The molecule has 2 aromatic carbocycles. The number of anilines is 2. The molecule has 0 radical (unpaired) electrons. The van der Waals surface area contributed by atoms with Crippen LogP contribution in [0.2, 0.25) is 10.0 Å². The number of morpholine rings is 1. The second-order valence-electron chi connectivity index (χ2n) is 8.23. The minimum Gasteiger partial charge on any atom is -0.378 e. The molecule has 0 saturated carbocycles. The highest BCUT2D eigenvalue weighted by atomic mass is 35.5. The molecule has 6 rings (SSSR count). The Balaban J connectivity index is 1.31. The fourth-order valence-corrected chi connectivity index (χ4v) is 5.46. The molecule has 0 spiro atoms. The van der Waals surface area contributed by atoms with Crippen LogP contribution < -0.4 is 10.3 Å². The fraction of sp³-hybridized carbons (Fsp3) is 0.200. The van der Waals surface area contributed by atoms with E-state index < -0.39 is 0 Å². The zero-order chi connectivity index (χ0) is 24.5. The Kier molecular flexibility index (Phi) is 6.45. The summed E-state index contributed by atoms with van der Waals surface area (Å²) >= 11 is 14.4. The summed E-state index contributed by atoms with van der Waals surface area (Å²) in [6.45, 7) is 3.46. The molecule has 0 amide bonds. The highest BCUT2D eigenvalue weighted by Crippen LogP contribution is 2.31. The van der Waals surface area contributed by atoms with E-state index in [1.807, 2.05) is 47.8 Å². The Labute approximate surface area is 221 Å². The van der Waals surface area contributed by atoms with Crippen LogP contribution in [-0.4, -0.2) is 52.0 Å². The van der Waals surface area contributed by atoms with Gasteiger partial charge in [0.05, 0.1) is 57.3 Å². The largest absolute Gasteiger partial charge is 0.378 e. The molecular formula is C25H21Cl2N7OS. The van der Waals surface area contributed by atoms with Crippen LogP contribution in [0.3, 0.4) is 0 Å². The standard InChI is InChI=1S/C25H21Cl2N7OS/c26-17-5-3-4-16(22(17)27)15-34-20-7-2-1-6-18(20)29-21(34)14-28-32-25-30-19-8-13-36-23(19)24(31-25)33-9-11-35-12-10-33/h1-8,13-14H,9-12,15H2,(H,30,31,32)/b28-14+. The van der Waals surface area contributed by atoms with Gasteiger partial charge in [0.1, 0.15) is 0 Å². The Morgan fingerprint density at radius 1 is 1.00 bits per heavy atom. The third-order valence-corrected chi connectivity index (χ3v) is 7.74. The number of para-hydroxylation sites is 2. The zero-order valence-electron chi connectivity index (χ0n) is 19.1. The molecule has 0 unspecified atom stereocenters. The predicted molar refractivity (Wildman–Crippen MR) is 147 cm³/mol. The number of thiophene rings is 1. The molecule has 8 nitrogen and oxygen atoms in total. The van der Waals surface area contributed by atoms with E-state index in [1.54, 1.807) is 23.6 Å². The van der Waals surface area contributed by atoms with E-state index in [2.05, 4.69) is 25.0 Å². The molecule has 36 heavy (non-hydrogen) atoms. The molecule has 3 aromatic heterocycles. The van der Waals surface area contributed by atoms with E-state index >= 15 is 0 Å². The lowest BCUT2D eigenvalue weighted by atomic mass is 10.2. The molecule has 1 N–H and O–H groups in total. The van der Waals surface area contributed by atoms with Gasteiger partial charge >= 0.3 is 0 Å². The van der Waals surface area contributed by atoms with Crippen LogP contribution >= 0.6 is 34.5 Å². The van der Waals surface area contributed by atoms with Crippen molar-refractivity contribution in [3.8, 4) is 0 Å². The maximum absolute atomic E-state index is 6.48. The Bertz CT molecular complexity index is 1580. The third kappa shape index (κ3) is 4.51. The number of hydrazone groups is 1.